The lowest BCUT2D eigenvalue weighted by Crippen LogP contribution is -2.46. The molecular weight excluding hydrogens is 239 g/mol. The fraction of sp³-hybridized carbons (Fsp3) is 0.333. The molecule has 6 heteroatoms. The van der Waals surface area contributed by atoms with Crippen LogP contribution in [-0.2, 0) is 4.79 Å². The molecule has 0 aliphatic heterocycles. The Morgan fingerprint density at radius 2 is 1.78 bits per heavy atom. The van der Waals surface area contributed by atoms with E-state index >= 15 is 0 Å². The number of nitrogens with one attached hydrogen (secondary N) is 2. The third kappa shape index (κ3) is 4.04. The second-order valence-corrected chi connectivity index (χ2v) is 4.17. The first-order chi connectivity index (χ1) is 8.40. The Morgan fingerprint density at radius 1 is 1.22 bits per heavy atom. The average molecular weight is 254 g/mol. The Morgan fingerprint density at radius 3 is 2.22 bits per heavy atom. The number of carbonyl (C=O) groups is 2. The van der Waals surface area contributed by atoms with Gasteiger partial charge in [0.2, 0.25) is 0 Å². The molecule has 0 spiro atoms. The van der Waals surface area contributed by atoms with Crippen molar-refractivity contribution in [3.63, 3.8) is 0 Å². The predicted molar refractivity (Wildman–Crippen MR) is 64.8 cm³/mol. The number of amides is 2. The lowest BCUT2D eigenvalue weighted by atomic mass is 10.1. The van der Waals surface area contributed by atoms with Gasteiger partial charge in [0.25, 0.3) is 0 Å². The van der Waals surface area contributed by atoms with E-state index in [9.17, 15) is 14.0 Å². The number of urea groups is 1. The highest BCUT2D eigenvalue weighted by Gasteiger charge is 2.23. The van der Waals surface area contributed by atoms with E-state index in [1.54, 1.807) is 13.8 Å². The summed E-state index contributed by atoms with van der Waals surface area (Å²) >= 11 is 0. The van der Waals surface area contributed by atoms with E-state index in [1.807, 2.05) is 0 Å². The second-order valence-electron chi connectivity index (χ2n) is 4.17. The maximum atomic E-state index is 12.6. The number of benzene rings is 1. The summed E-state index contributed by atoms with van der Waals surface area (Å²) in [6, 6.07) is 3.58. The molecule has 0 bridgehead atoms. The summed E-state index contributed by atoms with van der Waals surface area (Å²) in [6.45, 7) is 3.38. The van der Waals surface area contributed by atoms with E-state index < -0.39 is 23.9 Å². The summed E-state index contributed by atoms with van der Waals surface area (Å²) in [5, 5.41) is 13.7. The van der Waals surface area contributed by atoms with Crippen molar-refractivity contribution in [2.24, 2.45) is 5.92 Å². The van der Waals surface area contributed by atoms with Crippen molar-refractivity contribution in [1.29, 1.82) is 0 Å². The highest BCUT2D eigenvalue weighted by atomic mass is 19.1. The van der Waals surface area contributed by atoms with Crippen LogP contribution in [0.5, 0.6) is 0 Å². The van der Waals surface area contributed by atoms with Crippen molar-refractivity contribution in [2.45, 2.75) is 19.9 Å². The Kier molecular flexibility index (Phi) is 4.65. The molecule has 0 aliphatic rings. The Hall–Kier alpha value is -2.11. The van der Waals surface area contributed by atoms with Crippen molar-refractivity contribution >= 4 is 17.7 Å². The predicted octanol–water partition coefficient (Wildman–Crippen LogP) is 2.06. The lowest BCUT2D eigenvalue weighted by molar-refractivity contribution is -0.140. The van der Waals surface area contributed by atoms with Crippen molar-refractivity contribution < 1.29 is 19.1 Å². The number of carbonyl (C=O) groups excluding carboxylic acids is 1. The molecule has 1 rings (SSSR count). The van der Waals surface area contributed by atoms with Crippen LogP contribution in [0.4, 0.5) is 14.9 Å². The van der Waals surface area contributed by atoms with Crippen LogP contribution < -0.4 is 10.6 Å². The minimum absolute atomic E-state index is 0.235. The minimum Gasteiger partial charge on any atom is -0.480 e. The Balaban J connectivity index is 2.60. The molecule has 1 atom stereocenters. The molecule has 0 fully saturated rings. The normalized spacial score (nSPS) is 12.0. The summed E-state index contributed by atoms with van der Waals surface area (Å²) in [4.78, 5) is 22.4. The Bertz CT molecular complexity index is 431. The molecule has 0 aromatic heterocycles. The number of hydrogen-bond donors (Lipinski definition) is 3. The zero-order valence-corrected chi connectivity index (χ0v) is 10.1. The third-order valence-electron chi connectivity index (χ3n) is 2.32. The second kappa shape index (κ2) is 6.00. The van der Waals surface area contributed by atoms with Gasteiger partial charge in [-0.15, -0.1) is 0 Å². The maximum absolute atomic E-state index is 12.6. The molecule has 18 heavy (non-hydrogen) atoms. The number of carboxylic acids is 1. The summed E-state index contributed by atoms with van der Waals surface area (Å²) < 4.78 is 12.6. The third-order valence-corrected chi connectivity index (χ3v) is 2.32. The maximum Gasteiger partial charge on any atom is 0.326 e. The van der Waals surface area contributed by atoms with Crippen LogP contribution in [-0.4, -0.2) is 23.1 Å². The van der Waals surface area contributed by atoms with Gasteiger partial charge in [-0.05, 0) is 30.2 Å². The Labute approximate surface area is 104 Å². The zero-order chi connectivity index (χ0) is 13.7. The van der Waals surface area contributed by atoms with E-state index in [-0.39, 0.29) is 5.92 Å². The van der Waals surface area contributed by atoms with Crippen LogP contribution in [0.1, 0.15) is 13.8 Å². The van der Waals surface area contributed by atoms with Gasteiger partial charge in [-0.25, -0.2) is 14.0 Å². The van der Waals surface area contributed by atoms with Gasteiger partial charge in [0.05, 0.1) is 0 Å². The SMILES string of the molecule is CC(C)C(NC(=O)Nc1ccc(F)cc1)C(=O)O. The smallest absolute Gasteiger partial charge is 0.326 e. The van der Waals surface area contributed by atoms with Gasteiger partial charge in [-0.2, -0.15) is 0 Å². The quantitative estimate of drug-likeness (QED) is 0.769. The van der Waals surface area contributed by atoms with E-state index in [0.29, 0.717) is 5.69 Å². The van der Waals surface area contributed by atoms with Gasteiger partial charge in [-0.1, -0.05) is 13.8 Å². The van der Waals surface area contributed by atoms with Gasteiger partial charge in [-0.3, -0.25) is 0 Å². The number of aliphatic carboxylic acids is 1. The van der Waals surface area contributed by atoms with Crippen LogP contribution in [0.15, 0.2) is 24.3 Å². The molecule has 98 valence electrons. The number of carboxylic acid groups (broad SMARTS) is 1. The molecule has 3 N–H and O–H groups in total. The van der Waals surface area contributed by atoms with E-state index in [4.69, 9.17) is 5.11 Å². The number of halogens is 1. The molecule has 1 aromatic carbocycles. The fourth-order valence-corrected chi connectivity index (χ4v) is 1.36. The van der Waals surface area contributed by atoms with Crippen molar-refractivity contribution in [1.82, 2.24) is 5.32 Å². The topological polar surface area (TPSA) is 78.4 Å². The molecule has 0 saturated carbocycles. The van der Waals surface area contributed by atoms with Crippen LogP contribution in [0, 0.1) is 11.7 Å². The summed E-state index contributed by atoms with van der Waals surface area (Å²) in [6.07, 6.45) is 0. The summed E-state index contributed by atoms with van der Waals surface area (Å²) in [5.41, 5.74) is 0.391. The standard InChI is InChI=1S/C12H15FN2O3/c1-7(2)10(11(16)17)15-12(18)14-9-5-3-8(13)4-6-9/h3-7,10H,1-2H3,(H,16,17)(H2,14,15,18). The van der Waals surface area contributed by atoms with Crippen molar-refractivity contribution in [3.05, 3.63) is 30.1 Å². The molecule has 5 nitrogen and oxygen atoms in total. The van der Waals surface area contributed by atoms with Crippen molar-refractivity contribution in [3.8, 4) is 0 Å². The molecule has 1 unspecified atom stereocenters. The first-order valence-electron chi connectivity index (χ1n) is 5.46. The minimum atomic E-state index is -1.10. The molecule has 0 heterocycles. The molecule has 0 saturated heterocycles. The van der Waals surface area contributed by atoms with Gasteiger partial charge >= 0.3 is 12.0 Å². The van der Waals surface area contributed by atoms with Crippen LogP contribution in [0.3, 0.4) is 0 Å². The number of anilines is 1. The molecular formula is C12H15FN2O3. The van der Waals surface area contributed by atoms with Gasteiger partial charge in [0.1, 0.15) is 11.9 Å². The van der Waals surface area contributed by atoms with Crippen molar-refractivity contribution in [2.75, 3.05) is 5.32 Å². The largest absolute Gasteiger partial charge is 0.480 e. The van der Waals surface area contributed by atoms with Crippen LogP contribution in [0.2, 0.25) is 0 Å². The molecule has 0 aliphatic carbocycles. The van der Waals surface area contributed by atoms with E-state index in [1.165, 1.54) is 24.3 Å². The molecule has 2 amide bonds. The van der Waals surface area contributed by atoms with E-state index in [2.05, 4.69) is 10.6 Å². The first kappa shape index (κ1) is 14.0. The van der Waals surface area contributed by atoms with Gasteiger partial charge in [0.15, 0.2) is 0 Å². The first-order valence-corrected chi connectivity index (χ1v) is 5.46. The van der Waals surface area contributed by atoms with E-state index in [0.717, 1.165) is 0 Å². The monoisotopic (exact) mass is 254 g/mol. The number of hydrogen-bond acceptors (Lipinski definition) is 2. The number of rotatable bonds is 4. The highest BCUT2D eigenvalue weighted by Crippen LogP contribution is 2.08. The molecule has 1 aromatic rings. The van der Waals surface area contributed by atoms with Gasteiger partial charge < -0.3 is 15.7 Å². The zero-order valence-electron chi connectivity index (χ0n) is 10.1. The van der Waals surface area contributed by atoms with Crippen LogP contribution in [0.25, 0.3) is 0 Å². The highest BCUT2D eigenvalue weighted by molar-refractivity contribution is 5.92. The average Bonchev–Trinajstić information content (AvgIpc) is 2.28. The molecule has 0 radical (unpaired) electrons. The van der Waals surface area contributed by atoms with Gasteiger partial charge in [0, 0.05) is 5.69 Å². The summed E-state index contributed by atoms with van der Waals surface area (Å²) in [5.74, 6) is -1.74. The summed E-state index contributed by atoms with van der Waals surface area (Å²) in [7, 11) is 0. The fourth-order valence-electron chi connectivity index (χ4n) is 1.36. The lowest BCUT2D eigenvalue weighted by Gasteiger charge is -2.18. The van der Waals surface area contributed by atoms with Crippen LogP contribution >= 0.6 is 0 Å².